The number of rotatable bonds is 8. The molecule has 1 aromatic carbocycles. The van der Waals surface area contributed by atoms with Gasteiger partial charge in [-0.3, -0.25) is 0 Å². The number of nitrogens with one attached hydrogen (secondary N) is 1. The average molecular weight is 267 g/mol. The van der Waals surface area contributed by atoms with Gasteiger partial charge in [0, 0.05) is 12.6 Å². The highest BCUT2D eigenvalue weighted by molar-refractivity contribution is 5.17. The van der Waals surface area contributed by atoms with Crippen molar-refractivity contribution >= 4 is 0 Å². The van der Waals surface area contributed by atoms with Crippen molar-refractivity contribution < 1.29 is 9.50 Å². The van der Waals surface area contributed by atoms with E-state index in [9.17, 15) is 4.39 Å². The van der Waals surface area contributed by atoms with E-state index in [1.165, 1.54) is 12.1 Å². The summed E-state index contributed by atoms with van der Waals surface area (Å²) >= 11 is 0. The molecule has 0 aromatic heterocycles. The van der Waals surface area contributed by atoms with Gasteiger partial charge < -0.3 is 10.4 Å². The molecule has 0 aliphatic rings. The third-order valence-electron chi connectivity index (χ3n) is 3.52. The van der Waals surface area contributed by atoms with Crippen LogP contribution in [0.25, 0.3) is 0 Å². The SMILES string of the molecule is CC(CCO)CNC(Cc1ccc(F)cc1)C(C)C. The van der Waals surface area contributed by atoms with E-state index in [1.54, 1.807) is 0 Å². The lowest BCUT2D eigenvalue weighted by Gasteiger charge is -2.24. The summed E-state index contributed by atoms with van der Waals surface area (Å²) in [5.74, 6) is 0.806. The van der Waals surface area contributed by atoms with Crippen molar-refractivity contribution in [2.45, 2.75) is 39.7 Å². The third kappa shape index (κ3) is 6.17. The van der Waals surface area contributed by atoms with Crippen molar-refractivity contribution in [1.82, 2.24) is 5.32 Å². The molecule has 19 heavy (non-hydrogen) atoms. The minimum absolute atomic E-state index is 0.186. The molecule has 0 fully saturated rings. The molecule has 2 N–H and O–H groups in total. The van der Waals surface area contributed by atoms with Crippen molar-refractivity contribution in [3.8, 4) is 0 Å². The maximum Gasteiger partial charge on any atom is 0.123 e. The van der Waals surface area contributed by atoms with Gasteiger partial charge in [-0.25, -0.2) is 4.39 Å². The van der Waals surface area contributed by atoms with Crippen LogP contribution in [-0.2, 0) is 6.42 Å². The van der Waals surface area contributed by atoms with Crippen LogP contribution in [0.15, 0.2) is 24.3 Å². The molecular weight excluding hydrogens is 241 g/mol. The second-order valence-corrected chi connectivity index (χ2v) is 5.71. The number of hydrogen-bond donors (Lipinski definition) is 2. The Balaban J connectivity index is 2.50. The van der Waals surface area contributed by atoms with Crippen molar-refractivity contribution in [2.24, 2.45) is 11.8 Å². The van der Waals surface area contributed by atoms with Crippen LogP contribution in [0.1, 0.15) is 32.8 Å². The molecule has 0 amide bonds. The molecule has 0 saturated carbocycles. The largest absolute Gasteiger partial charge is 0.396 e. The summed E-state index contributed by atoms with van der Waals surface area (Å²) in [7, 11) is 0. The standard InChI is InChI=1S/C16H26FNO/c1-12(2)16(18-11-13(3)8-9-19)10-14-4-6-15(17)7-5-14/h4-7,12-13,16,18-19H,8-11H2,1-3H3. The first-order valence-electron chi connectivity index (χ1n) is 7.11. The minimum Gasteiger partial charge on any atom is -0.396 e. The first-order chi connectivity index (χ1) is 9.02. The van der Waals surface area contributed by atoms with Gasteiger partial charge in [0.25, 0.3) is 0 Å². The van der Waals surface area contributed by atoms with Gasteiger partial charge in [-0.2, -0.15) is 0 Å². The van der Waals surface area contributed by atoms with Crippen molar-refractivity contribution in [1.29, 1.82) is 0 Å². The number of aliphatic hydroxyl groups excluding tert-OH is 1. The molecule has 0 spiro atoms. The Bertz CT molecular complexity index is 350. The van der Waals surface area contributed by atoms with E-state index in [-0.39, 0.29) is 12.4 Å². The van der Waals surface area contributed by atoms with Crippen LogP contribution < -0.4 is 5.32 Å². The van der Waals surface area contributed by atoms with Gasteiger partial charge in [0.2, 0.25) is 0 Å². The fourth-order valence-electron chi connectivity index (χ4n) is 2.09. The van der Waals surface area contributed by atoms with Crippen LogP contribution in [-0.4, -0.2) is 24.3 Å². The summed E-state index contributed by atoms with van der Waals surface area (Å²) in [6.07, 6.45) is 1.73. The molecule has 2 unspecified atom stereocenters. The Morgan fingerprint density at radius 1 is 1.16 bits per heavy atom. The summed E-state index contributed by atoms with van der Waals surface area (Å²) in [5, 5.41) is 12.5. The maximum absolute atomic E-state index is 12.9. The lowest BCUT2D eigenvalue weighted by molar-refractivity contribution is 0.254. The zero-order chi connectivity index (χ0) is 14.3. The number of halogens is 1. The van der Waals surface area contributed by atoms with Gasteiger partial charge in [0.15, 0.2) is 0 Å². The van der Waals surface area contributed by atoms with E-state index in [0.717, 1.165) is 24.9 Å². The molecule has 0 aliphatic carbocycles. The summed E-state index contributed by atoms with van der Waals surface area (Å²) in [6, 6.07) is 7.11. The zero-order valence-electron chi connectivity index (χ0n) is 12.2. The van der Waals surface area contributed by atoms with E-state index < -0.39 is 0 Å². The molecule has 2 atom stereocenters. The zero-order valence-corrected chi connectivity index (χ0v) is 12.2. The number of benzene rings is 1. The van der Waals surface area contributed by atoms with E-state index in [4.69, 9.17) is 5.11 Å². The lowest BCUT2D eigenvalue weighted by atomic mass is 9.95. The normalized spacial score (nSPS) is 14.6. The predicted octanol–water partition coefficient (Wildman–Crippen LogP) is 3.00. The molecule has 1 rings (SSSR count). The molecule has 0 bridgehead atoms. The van der Waals surface area contributed by atoms with Gasteiger partial charge in [0.1, 0.15) is 5.82 Å². The second kappa shape index (κ2) is 8.28. The highest BCUT2D eigenvalue weighted by Crippen LogP contribution is 2.12. The van der Waals surface area contributed by atoms with Crippen molar-refractivity contribution in [3.05, 3.63) is 35.6 Å². The van der Waals surface area contributed by atoms with E-state index in [2.05, 4.69) is 26.1 Å². The summed E-state index contributed by atoms with van der Waals surface area (Å²) in [5.41, 5.74) is 1.16. The average Bonchev–Trinajstić information content (AvgIpc) is 2.36. The Morgan fingerprint density at radius 2 is 1.79 bits per heavy atom. The smallest absolute Gasteiger partial charge is 0.123 e. The van der Waals surface area contributed by atoms with Gasteiger partial charge in [-0.15, -0.1) is 0 Å². The van der Waals surface area contributed by atoms with Crippen LogP contribution in [0.2, 0.25) is 0 Å². The van der Waals surface area contributed by atoms with Crippen molar-refractivity contribution in [2.75, 3.05) is 13.2 Å². The second-order valence-electron chi connectivity index (χ2n) is 5.71. The molecule has 0 aliphatic heterocycles. The topological polar surface area (TPSA) is 32.3 Å². The summed E-state index contributed by atoms with van der Waals surface area (Å²) in [6.45, 7) is 7.67. The van der Waals surface area contributed by atoms with E-state index in [0.29, 0.717) is 17.9 Å². The molecule has 0 heterocycles. The molecule has 1 aromatic rings. The van der Waals surface area contributed by atoms with E-state index in [1.807, 2.05) is 12.1 Å². The highest BCUT2D eigenvalue weighted by atomic mass is 19.1. The first kappa shape index (κ1) is 16.1. The number of aliphatic hydroxyl groups is 1. The summed E-state index contributed by atoms with van der Waals surface area (Å²) in [4.78, 5) is 0. The fraction of sp³-hybridized carbons (Fsp3) is 0.625. The third-order valence-corrected chi connectivity index (χ3v) is 3.52. The van der Waals surface area contributed by atoms with E-state index >= 15 is 0 Å². The molecule has 108 valence electrons. The van der Waals surface area contributed by atoms with Crippen LogP contribution in [0, 0.1) is 17.7 Å². The molecule has 0 radical (unpaired) electrons. The monoisotopic (exact) mass is 267 g/mol. The first-order valence-corrected chi connectivity index (χ1v) is 7.11. The maximum atomic E-state index is 12.9. The Hall–Kier alpha value is -0.930. The van der Waals surface area contributed by atoms with Gasteiger partial charge in [-0.1, -0.05) is 32.9 Å². The Kier molecular flexibility index (Phi) is 7.03. The van der Waals surface area contributed by atoms with Gasteiger partial charge in [-0.05, 0) is 48.9 Å². The molecule has 0 saturated heterocycles. The van der Waals surface area contributed by atoms with Crippen LogP contribution in [0.4, 0.5) is 4.39 Å². The van der Waals surface area contributed by atoms with Gasteiger partial charge >= 0.3 is 0 Å². The number of hydrogen-bond acceptors (Lipinski definition) is 2. The van der Waals surface area contributed by atoms with Crippen LogP contribution in [0.5, 0.6) is 0 Å². The highest BCUT2D eigenvalue weighted by Gasteiger charge is 2.14. The molecule has 2 nitrogen and oxygen atoms in total. The fourth-order valence-corrected chi connectivity index (χ4v) is 2.09. The van der Waals surface area contributed by atoms with Crippen molar-refractivity contribution in [3.63, 3.8) is 0 Å². The molecule has 3 heteroatoms. The van der Waals surface area contributed by atoms with Crippen LogP contribution in [0.3, 0.4) is 0 Å². The van der Waals surface area contributed by atoms with Gasteiger partial charge in [0.05, 0.1) is 0 Å². The predicted molar refractivity (Wildman–Crippen MR) is 77.6 cm³/mol. The minimum atomic E-state index is -0.186. The Morgan fingerprint density at radius 3 is 2.32 bits per heavy atom. The molecular formula is C16H26FNO. The summed E-state index contributed by atoms with van der Waals surface area (Å²) < 4.78 is 12.9. The quantitative estimate of drug-likeness (QED) is 0.759. The van der Waals surface area contributed by atoms with Crippen LogP contribution >= 0.6 is 0 Å². The lowest BCUT2D eigenvalue weighted by Crippen LogP contribution is -2.38. The Labute approximate surface area is 116 Å².